The van der Waals surface area contributed by atoms with Crippen LogP contribution in [0.5, 0.6) is 0 Å². The Kier molecular flexibility index (Phi) is 14.5. The highest BCUT2D eigenvalue weighted by Crippen LogP contribution is 2.32. The van der Waals surface area contributed by atoms with Gasteiger partial charge in [0.05, 0.1) is 5.75 Å². The number of rotatable bonds is 18. The van der Waals surface area contributed by atoms with E-state index in [1.54, 1.807) is 7.05 Å². The fourth-order valence-electron chi connectivity index (χ4n) is 6.59. The lowest BCUT2D eigenvalue weighted by molar-refractivity contribution is -0.154. The van der Waals surface area contributed by atoms with Crippen molar-refractivity contribution >= 4 is 39.5 Å². The van der Waals surface area contributed by atoms with E-state index in [0.717, 1.165) is 67.5 Å². The fraction of sp³-hybridized carbons (Fsp3) is 0.722. The predicted molar refractivity (Wildman–Crippen MR) is 192 cm³/mol. The molecule has 1 fully saturated rings. The largest absolute Gasteiger partial charge is 0.460 e. The van der Waals surface area contributed by atoms with Crippen molar-refractivity contribution in [2.24, 2.45) is 10.7 Å². The summed E-state index contributed by atoms with van der Waals surface area (Å²) in [5.41, 5.74) is 7.58. The number of benzene rings is 1. The van der Waals surface area contributed by atoms with E-state index >= 15 is 0 Å². The molecule has 0 aliphatic carbocycles. The van der Waals surface area contributed by atoms with Gasteiger partial charge in [0.15, 0.2) is 0 Å². The van der Waals surface area contributed by atoms with E-state index in [9.17, 15) is 22.8 Å². The lowest BCUT2D eigenvalue weighted by Crippen LogP contribution is -2.50. The molecule has 12 heteroatoms. The van der Waals surface area contributed by atoms with Crippen LogP contribution in [0, 0.1) is 13.8 Å². The van der Waals surface area contributed by atoms with E-state index in [2.05, 4.69) is 5.32 Å². The molecule has 0 saturated carbocycles. The summed E-state index contributed by atoms with van der Waals surface area (Å²) in [5.74, 6) is 0.502. The zero-order chi connectivity index (χ0) is 35.5. The lowest BCUT2D eigenvalue weighted by Gasteiger charge is -2.34. The van der Waals surface area contributed by atoms with Gasteiger partial charge in [-0.15, -0.1) is 0 Å². The highest BCUT2D eigenvalue weighted by Gasteiger charge is 2.47. The molecule has 0 aromatic heterocycles. The Bertz CT molecular complexity index is 1390. The molecule has 3 rings (SSSR count). The van der Waals surface area contributed by atoms with Gasteiger partial charge >= 0.3 is 12.0 Å². The third kappa shape index (κ3) is 11.9. The number of sulfonamides is 1. The quantitative estimate of drug-likeness (QED) is 0.141. The molecule has 0 bridgehead atoms. The summed E-state index contributed by atoms with van der Waals surface area (Å²) >= 11 is 0. The summed E-state index contributed by atoms with van der Waals surface area (Å²) in [6.07, 6.45) is 13.5. The Morgan fingerprint density at radius 1 is 0.938 bits per heavy atom. The molecule has 1 spiro atoms. The monoisotopic (exact) mass is 689 g/mol. The molecule has 0 radical (unpaired) electrons. The van der Waals surface area contributed by atoms with Gasteiger partial charge in [-0.25, -0.2) is 17.5 Å². The Labute approximate surface area is 288 Å². The van der Waals surface area contributed by atoms with Crippen LogP contribution < -0.4 is 16.0 Å². The number of primary amides is 1. The Hall–Kier alpha value is -2.99. The minimum Gasteiger partial charge on any atom is -0.460 e. The van der Waals surface area contributed by atoms with Crippen LogP contribution in [0.2, 0.25) is 0 Å². The van der Waals surface area contributed by atoms with Crippen LogP contribution in [0.15, 0.2) is 17.1 Å². The molecule has 270 valence electrons. The van der Waals surface area contributed by atoms with Gasteiger partial charge in [0.1, 0.15) is 17.0 Å². The lowest BCUT2D eigenvalue weighted by atomic mass is 9.89. The van der Waals surface area contributed by atoms with E-state index in [0.29, 0.717) is 31.4 Å². The number of unbranched alkanes of at least 4 members (excludes halogenated alkanes) is 9. The molecule has 48 heavy (non-hydrogen) atoms. The summed E-state index contributed by atoms with van der Waals surface area (Å²) in [5, 5.41) is 2.98. The second-order valence-electron chi connectivity index (χ2n) is 14.6. The van der Waals surface area contributed by atoms with Crippen LogP contribution in [-0.4, -0.2) is 73.5 Å². The minimum atomic E-state index is -3.52. The van der Waals surface area contributed by atoms with Gasteiger partial charge in [0, 0.05) is 38.7 Å². The number of nitrogens with zero attached hydrogens (tertiary/aromatic N) is 3. The number of ether oxygens (including phenoxy) is 1. The van der Waals surface area contributed by atoms with Gasteiger partial charge in [0.25, 0.3) is 5.91 Å². The molecule has 1 aromatic carbocycles. The number of amides is 3. The average molecular weight is 690 g/mol. The number of anilines is 1. The number of urea groups is 1. The maximum absolute atomic E-state index is 13.3. The van der Waals surface area contributed by atoms with Crippen molar-refractivity contribution in [3.8, 4) is 0 Å². The minimum absolute atomic E-state index is 0.0246. The van der Waals surface area contributed by atoms with E-state index < -0.39 is 27.2 Å². The summed E-state index contributed by atoms with van der Waals surface area (Å²) in [7, 11) is -1.92. The first-order valence-electron chi connectivity index (χ1n) is 17.8. The molecule has 1 saturated heterocycles. The second kappa shape index (κ2) is 17.6. The predicted octanol–water partition coefficient (Wildman–Crippen LogP) is 6.08. The highest BCUT2D eigenvalue weighted by molar-refractivity contribution is 7.89. The van der Waals surface area contributed by atoms with Crippen LogP contribution in [0.3, 0.4) is 0 Å². The molecule has 1 aromatic rings. The van der Waals surface area contributed by atoms with Gasteiger partial charge in [0.2, 0.25) is 10.0 Å². The number of piperidine rings is 1. The van der Waals surface area contributed by atoms with Crippen molar-refractivity contribution in [3.63, 3.8) is 0 Å². The molecule has 3 N–H and O–H groups in total. The molecular formula is C36H59N5O6S. The number of carbonyl (C=O) groups excluding carboxylic acids is 3. The number of hydrogen-bond acceptors (Lipinski definition) is 7. The molecule has 0 atom stereocenters. The molecule has 11 nitrogen and oxygen atoms in total. The van der Waals surface area contributed by atoms with Crippen LogP contribution in [0.25, 0.3) is 0 Å². The van der Waals surface area contributed by atoms with Gasteiger partial charge in [-0.2, -0.15) is 0 Å². The van der Waals surface area contributed by atoms with Crippen LogP contribution >= 0.6 is 0 Å². The number of hydrogen-bond donors (Lipinski definition) is 2. The van der Waals surface area contributed by atoms with Crippen molar-refractivity contribution < 1.29 is 27.5 Å². The van der Waals surface area contributed by atoms with Crippen molar-refractivity contribution in [2.75, 3.05) is 30.8 Å². The van der Waals surface area contributed by atoms with Gasteiger partial charge in [-0.05, 0) is 95.5 Å². The standard InChI is InChI=1S/C36H59N5O6S/c1-27-25-29(40(6)34(37)44)26-28(2)30(27)19-24-48(45,46)41-22-20-36(21-23-41)33(43)38-31(39-36)17-15-13-11-9-7-8-10-12-14-16-18-32(42)47-35(3,4)5/h25-26H,7-24H2,1-6H3,(H2,37,44)(H,38,39,43). The summed E-state index contributed by atoms with van der Waals surface area (Å²) in [6.45, 7) is 10.1. The van der Waals surface area contributed by atoms with Crippen LogP contribution in [0.1, 0.15) is 127 Å². The SMILES string of the molecule is Cc1cc(N(C)C(N)=O)cc(C)c1CCS(=O)(=O)N1CCC2(CC1)N=C(CCCCCCCCCCCCC(=O)OC(C)(C)C)NC2=O. The third-order valence-electron chi connectivity index (χ3n) is 9.45. The highest BCUT2D eigenvalue weighted by atomic mass is 32.2. The zero-order valence-electron chi connectivity index (χ0n) is 30.2. The normalized spacial score (nSPS) is 16.5. The molecular weight excluding hydrogens is 630 g/mol. The van der Waals surface area contributed by atoms with Crippen molar-refractivity contribution in [1.82, 2.24) is 9.62 Å². The maximum Gasteiger partial charge on any atom is 0.318 e. The van der Waals surface area contributed by atoms with Crippen molar-refractivity contribution in [1.29, 1.82) is 0 Å². The second-order valence-corrected chi connectivity index (χ2v) is 16.7. The number of amidine groups is 1. The van der Waals surface area contributed by atoms with Gasteiger partial charge < -0.3 is 15.8 Å². The van der Waals surface area contributed by atoms with E-state index in [4.69, 9.17) is 15.5 Å². The first kappa shape index (κ1) is 39.4. The molecule has 2 aliphatic rings. The fourth-order valence-corrected chi connectivity index (χ4v) is 8.05. The Balaban J connectivity index is 1.32. The Morgan fingerprint density at radius 2 is 1.46 bits per heavy atom. The molecule has 0 unspecified atom stereocenters. The maximum atomic E-state index is 13.3. The van der Waals surface area contributed by atoms with E-state index in [1.807, 2.05) is 46.8 Å². The van der Waals surface area contributed by atoms with Crippen molar-refractivity contribution in [3.05, 3.63) is 28.8 Å². The first-order chi connectivity index (χ1) is 22.5. The van der Waals surface area contributed by atoms with Crippen LogP contribution in [0.4, 0.5) is 10.5 Å². The van der Waals surface area contributed by atoms with Crippen LogP contribution in [-0.2, 0) is 30.8 Å². The smallest absolute Gasteiger partial charge is 0.318 e. The number of aliphatic imine (C=N–C) groups is 1. The number of nitrogens with one attached hydrogen (secondary N) is 1. The Morgan fingerprint density at radius 3 is 1.98 bits per heavy atom. The van der Waals surface area contributed by atoms with Crippen molar-refractivity contribution in [2.45, 2.75) is 142 Å². The van der Waals surface area contributed by atoms with Gasteiger partial charge in [-0.3, -0.25) is 19.5 Å². The first-order valence-corrected chi connectivity index (χ1v) is 19.4. The topological polar surface area (TPSA) is 151 Å². The molecule has 3 amide bonds. The van der Waals surface area contributed by atoms with E-state index in [1.165, 1.54) is 34.9 Å². The van der Waals surface area contributed by atoms with Gasteiger partial charge in [-0.1, -0.05) is 51.4 Å². The number of aryl methyl sites for hydroxylation is 2. The molecule has 2 aliphatic heterocycles. The number of esters is 1. The number of carbonyl (C=O) groups is 3. The third-order valence-corrected chi connectivity index (χ3v) is 11.3. The summed E-state index contributed by atoms with van der Waals surface area (Å²) < 4.78 is 33.4. The zero-order valence-corrected chi connectivity index (χ0v) is 31.0. The summed E-state index contributed by atoms with van der Waals surface area (Å²) in [4.78, 5) is 42.5. The molecule has 2 heterocycles. The summed E-state index contributed by atoms with van der Waals surface area (Å²) in [6, 6.07) is 3.14. The number of nitrogens with two attached hydrogens (primary N) is 1. The average Bonchev–Trinajstić information content (AvgIpc) is 3.29. The van der Waals surface area contributed by atoms with E-state index in [-0.39, 0.29) is 30.7 Å².